The maximum Gasteiger partial charge on any atom is 0.276 e. The predicted molar refractivity (Wildman–Crippen MR) is 112 cm³/mol. The van der Waals surface area contributed by atoms with E-state index in [2.05, 4.69) is 15.6 Å². The van der Waals surface area contributed by atoms with Crippen molar-refractivity contribution in [1.29, 1.82) is 0 Å². The molecule has 0 bridgehead atoms. The van der Waals surface area contributed by atoms with Gasteiger partial charge in [0.25, 0.3) is 5.91 Å². The summed E-state index contributed by atoms with van der Waals surface area (Å²) in [6.07, 6.45) is 2.63. The van der Waals surface area contributed by atoms with Crippen LogP contribution in [0.5, 0.6) is 0 Å². The van der Waals surface area contributed by atoms with E-state index in [1.54, 1.807) is 36.5 Å². The van der Waals surface area contributed by atoms with Gasteiger partial charge in [-0.2, -0.15) is 0 Å². The molecule has 2 N–H and O–H groups in total. The Labute approximate surface area is 167 Å². The van der Waals surface area contributed by atoms with Gasteiger partial charge in [0.05, 0.1) is 5.52 Å². The second kappa shape index (κ2) is 7.40. The Morgan fingerprint density at radius 1 is 0.862 bits per heavy atom. The molecular formula is C21H18N4O3S. The third-order valence-electron chi connectivity index (χ3n) is 4.27. The molecular weight excluding hydrogens is 388 g/mol. The van der Waals surface area contributed by atoms with E-state index in [0.29, 0.717) is 11.2 Å². The van der Waals surface area contributed by atoms with Gasteiger partial charge in [0.2, 0.25) is 15.0 Å². The summed E-state index contributed by atoms with van der Waals surface area (Å²) in [5, 5.41) is 5.87. The monoisotopic (exact) mass is 406 g/mol. The Balaban J connectivity index is 1.57. The van der Waals surface area contributed by atoms with E-state index in [1.165, 1.54) is 4.40 Å². The molecule has 0 unspecified atom stereocenters. The second-order valence-corrected chi connectivity index (χ2v) is 8.40. The molecule has 0 radical (unpaired) electrons. The number of imidazole rings is 1. The van der Waals surface area contributed by atoms with Gasteiger partial charge in [-0.05, 0) is 48.5 Å². The molecule has 1 amide bonds. The number of rotatable bonds is 5. The standard InChI is InChI=1S/C21H18N4O3S/c1-29(27,28)21-24-19(18-9-5-6-14-25(18)21)20(26)23-17-12-10-16(11-13-17)22-15-7-3-2-4-8-15/h2-14,22H,1H3,(H,23,26). The van der Waals surface area contributed by atoms with Crippen LogP contribution in [0, 0.1) is 0 Å². The first-order valence-corrected chi connectivity index (χ1v) is 10.7. The molecule has 146 valence electrons. The molecule has 2 heterocycles. The van der Waals surface area contributed by atoms with Crippen LogP contribution < -0.4 is 10.6 Å². The van der Waals surface area contributed by atoms with E-state index in [9.17, 15) is 13.2 Å². The molecule has 0 saturated carbocycles. The number of anilines is 3. The second-order valence-electron chi connectivity index (χ2n) is 6.49. The lowest BCUT2D eigenvalue weighted by Gasteiger charge is -2.08. The molecule has 0 aliphatic heterocycles. The van der Waals surface area contributed by atoms with Gasteiger partial charge in [0.15, 0.2) is 5.69 Å². The zero-order valence-electron chi connectivity index (χ0n) is 15.5. The Hall–Kier alpha value is -3.65. The summed E-state index contributed by atoms with van der Waals surface area (Å²) in [7, 11) is -3.59. The average Bonchev–Trinajstić information content (AvgIpc) is 3.11. The first kappa shape index (κ1) is 18.7. The number of nitrogens with one attached hydrogen (secondary N) is 2. The molecule has 0 fully saturated rings. The number of amides is 1. The molecule has 0 spiro atoms. The van der Waals surface area contributed by atoms with E-state index in [4.69, 9.17) is 0 Å². The maximum atomic E-state index is 12.7. The third-order valence-corrected chi connectivity index (χ3v) is 5.22. The quantitative estimate of drug-likeness (QED) is 0.527. The van der Waals surface area contributed by atoms with Crippen molar-refractivity contribution in [3.8, 4) is 0 Å². The lowest BCUT2D eigenvalue weighted by molar-refractivity contribution is 0.102. The molecule has 0 saturated heterocycles. The third kappa shape index (κ3) is 3.97. The molecule has 29 heavy (non-hydrogen) atoms. The van der Waals surface area contributed by atoms with Crippen molar-refractivity contribution < 1.29 is 13.2 Å². The molecule has 0 aliphatic rings. The normalized spacial score (nSPS) is 11.3. The summed E-state index contributed by atoms with van der Waals surface area (Å²) in [5.74, 6) is -0.479. The Morgan fingerprint density at radius 3 is 2.17 bits per heavy atom. The van der Waals surface area contributed by atoms with Crippen LogP contribution in [-0.2, 0) is 9.84 Å². The number of pyridine rings is 1. The molecule has 8 heteroatoms. The number of fused-ring (bicyclic) bond motifs is 1. The minimum absolute atomic E-state index is 0.0533. The van der Waals surface area contributed by atoms with Crippen molar-refractivity contribution in [3.05, 3.63) is 84.7 Å². The van der Waals surface area contributed by atoms with Gasteiger partial charge in [-0.1, -0.05) is 24.3 Å². The van der Waals surface area contributed by atoms with E-state index < -0.39 is 15.7 Å². The van der Waals surface area contributed by atoms with Crippen molar-refractivity contribution in [3.63, 3.8) is 0 Å². The van der Waals surface area contributed by atoms with Gasteiger partial charge in [-0.25, -0.2) is 13.4 Å². The van der Waals surface area contributed by atoms with Crippen LogP contribution in [0.15, 0.2) is 84.1 Å². The summed E-state index contributed by atoms with van der Waals surface area (Å²) in [6.45, 7) is 0. The van der Waals surface area contributed by atoms with E-state index in [-0.39, 0.29) is 10.9 Å². The lowest BCUT2D eigenvalue weighted by atomic mass is 10.2. The molecule has 2 aromatic heterocycles. The summed E-state index contributed by atoms with van der Waals surface area (Å²) < 4.78 is 25.4. The number of nitrogens with zero attached hydrogens (tertiary/aromatic N) is 2. The number of benzene rings is 2. The van der Waals surface area contributed by atoms with Crippen molar-refractivity contribution >= 4 is 38.3 Å². The van der Waals surface area contributed by atoms with Gasteiger partial charge >= 0.3 is 0 Å². The van der Waals surface area contributed by atoms with E-state index >= 15 is 0 Å². The van der Waals surface area contributed by atoms with Crippen LogP contribution in [0.2, 0.25) is 0 Å². The minimum Gasteiger partial charge on any atom is -0.356 e. The lowest BCUT2D eigenvalue weighted by Crippen LogP contribution is -2.13. The van der Waals surface area contributed by atoms with Crippen molar-refractivity contribution in [2.75, 3.05) is 16.9 Å². The number of carbonyl (C=O) groups excluding carboxylic acids is 1. The summed E-state index contributed by atoms with van der Waals surface area (Å²) in [4.78, 5) is 16.8. The molecule has 4 aromatic rings. The number of sulfone groups is 1. The van der Waals surface area contributed by atoms with E-state index in [1.807, 2.05) is 42.5 Å². The Kier molecular flexibility index (Phi) is 4.77. The average molecular weight is 406 g/mol. The van der Waals surface area contributed by atoms with Gasteiger partial charge in [-0.3, -0.25) is 9.20 Å². The van der Waals surface area contributed by atoms with Crippen LogP contribution >= 0.6 is 0 Å². The highest BCUT2D eigenvalue weighted by Gasteiger charge is 2.22. The first-order chi connectivity index (χ1) is 13.9. The van der Waals surface area contributed by atoms with Crippen LogP contribution in [0.3, 0.4) is 0 Å². The van der Waals surface area contributed by atoms with Gasteiger partial charge in [0.1, 0.15) is 0 Å². The first-order valence-electron chi connectivity index (χ1n) is 8.82. The predicted octanol–water partition coefficient (Wildman–Crippen LogP) is 3.73. The summed E-state index contributed by atoms with van der Waals surface area (Å²) in [5.41, 5.74) is 2.89. The van der Waals surface area contributed by atoms with Gasteiger partial charge in [-0.15, -0.1) is 0 Å². The highest BCUT2D eigenvalue weighted by atomic mass is 32.2. The van der Waals surface area contributed by atoms with E-state index in [0.717, 1.165) is 17.6 Å². The van der Waals surface area contributed by atoms with Gasteiger partial charge in [0, 0.05) is 29.5 Å². The molecule has 7 nitrogen and oxygen atoms in total. The summed E-state index contributed by atoms with van der Waals surface area (Å²) >= 11 is 0. The van der Waals surface area contributed by atoms with Crippen LogP contribution in [-0.4, -0.2) is 30.0 Å². The van der Waals surface area contributed by atoms with Crippen LogP contribution in [0.25, 0.3) is 5.52 Å². The smallest absolute Gasteiger partial charge is 0.276 e. The number of aromatic nitrogens is 2. The van der Waals surface area contributed by atoms with Gasteiger partial charge < -0.3 is 10.6 Å². The van der Waals surface area contributed by atoms with Crippen molar-refractivity contribution in [1.82, 2.24) is 9.38 Å². The topological polar surface area (TPSA) is 92.6 Å². The largest absolute Gasteiger partial charge is 0.356 e. The Bertz CT molecular complexity index is 1280. The van der Waals surface area contributed by atoms with Crippen molar-refractivity contribution in [2.45, 2.75) is 5.16 Å². The van der Waals surface area contributed by atoms with Crippen molar-refractivity contribution in [2.24, 2.45) is 0 Å². The minimum atomic E-state index is -3.59. The summed E-state index contributed by atoms with van der Waals surface area (Å²) in [6, 6.07) is 22.0. The highest BCUT2D eigenvalue weighted by molar-refractivity contribution is 7.90. The molecule has 2 aromatic carbocycles. The zero-order chi connectivity index (χ0) is 20.4. The number of para-hydroxylation sites is 1. The molecule has 4 rings (SSSR count). The van der Waals surface area contributed by atoms with Crippen LogP contribution in [0.4, 0.5) is 17.1 Å². The number of hydrogen-bond acceptors (Lipinski definition) is 5. The maximum absolute atomic E-state index is 12.7. The SMILES string of the molecule is CS(=O)(=O)c1nc(C(=O)Nc2ccc(Nc3ccccc3)cc2)c2ccccn12. The fourth-order valence-electron chi connectivity index (χ4n) is 2.95. The Morgan fingerprint density at radius 2 is 1.48 bits per heavy atom. The van der Waals surface area contributed by atoms with Crippen LogP contribution in [0.1, 0.15) is 10.5 Å². The fourth-order valence-corrected chi connectivity index (χ4v) is 3.73. The fraction of sp³-hybridized carbons (Fsp3) is 0.0476. The number of carbonyl (C=O) groups is 1. The molecule has 0 atom stereocenters. The zero-order valence-corrected chi connectivity index (χ0v) is 16.3. The highest BCUT2D eigenvalue weighted by Crippen LogP contribution is 2.21. The molecule has 0 aliphatic carbocycles. The number of hydrogen-bond donors (Lipinski definition) is 2.